The number of methoxy groups -OCH3 is 1. The van der Waals surface area contributed by atoms with Gasteiger partial charge in [0, 0.05) is 17.4 Å². The second-order valence-corrected chi connectivity index (χ2v) is 7.36. The van der Waals surface area contributed by atoms with Crippen molar-refractivity contribution in [2.24, 2.45) is 4.99 Å². The lowest BCUT2D eigenvalue weighted by Crippen LogP contribution is -2.37. The van der Waals surface area contributed by atoms with Crippen LogP contribution in [0.25, 0.3) is 0 Å². The number of ether oxygens (including phenoxy) is 3. The van der Waals surface area contributed by atoms with E-state index in [1.165, 1.54) is 37.1 Å². The average molecular weight is 436 g/mol. The monoisotopic (exact) mass is 436 g/mol. The minimum Gasteiger partial charge on any atom is -0.493 e. The highest BCUT2D eigenvalue weighted by Gasteiger charge is 2.33. The lowest BCUT2D eigenvalue weighted by molar-refractivity contribution is -0.0512. The molecule has 0 radical (unpaired) electrons. The molecule has 0 aromatic heterocycles. The van der Waals surface area contributed by atoms with E-state index in [0.717, 1.165) is 0 Å². The minimum absolute atomic E-state index is 0.0563. The summed E-state index contributed by atoms with van der Waals surface area (Å²) in [6, 6.07) is 11.4. The number of amidine groups is 1. The van der Waals surface area contributed by atoms with Crippen LogP contribution in [0, 0.1) is 0 Å². The number of rotatable bonds is 7. The smallest absolute Gasteiger partial charge is 0.387 e. The summed E-state index contributed by atoms with van der Waals surface area (Å²) in [5, 5.41) is 0.548. The summed E-state index contributed by atoms with van der Waals surface area (Å²) in [5.41, 5.74) is 0.917. The maximum atomic E-state index is 13.2. The summed E-state index contributed by atoms with van der Waals surface area (Å²) in [6.07, 6.45) is 0. The second-order valence-electron chi connectivity index (χ2n) is 6.37. The first kappa shape index (κ1) is 21.9. The van der Waals surface area contributed by atoms with Crippen LogP contribution in [0.5, 0.6) is 17.2 Å². The Hall–Kier alpha value is -2.81. The topological polar surface area (TPSA) is 60.4 Å². The third-order valence-electron chi connectivity index (χ3n) is 4.33. The summed E-state index contributed by atoms with van der Waals surface area (Å²) in [4.78, 5) is 19.5. The molecule has 1 amide bonds. The van der Waals surface area contributed by atoms with Crippen LogP contribution in [0.1, 0.15) is 24.2 Å². The molecule has 160 valence electrons. The molecular formula is C21H22F2N2O4S. The van der Waals surface area contributed by atoms with E-state index in [1.807, 2.05) is 38.1 Å². The Morgan fingerprint density at radius 2 is 2.00 bits per heavy atom. The molecule has 1 aliphatic heterocycles. The molecule has 1 saturated heterocycles. The number of amides is 1. The average Bonchev–Trinajstić information content (AvgIpc) is 3.09. The molecule has 0 N–H and O–H groups in total. The Labute approximate surface area is 177 Å². The first-order valence-corrected chi connectivity index (χ1v) is 10.3. The first-order valence-electron chi connectivity index (χ1n) is 9.34. The van der Waals surface area contributed by atoms with Crippen molar-refractivity contribution in [3.05, 3.63) is 48.0 Å². The molecule has 0 aliphatic carbocycles. The quantitative estimate of drug-likeness (QED) is 0.614. The molecule has 0 bridgehead atoms. The second kappa shape index (κ2) is 9.80. The number of alkyl halides is 2. The number of nitrogens with zero attached hydrogens (tertiary/aromatic N) is 2. The molecule has 2 aromatic rings. The zero-order valence-corrected chi connectivity index (χ0v) is 17.6. The number of aliphatic imine (C=N–C) groups is 1. The van der Waals surface area contributed by atoms with E-state index < -0.39 is 6.61 Å². The molecule has 0 spiro atoms. The molecule has 1 heterocycles. The van der Waals surface area contributed by atoms with E-state index in [4.69, 9.17) is 9.47 Å². The molecule has 1 fully saturated rings. The fourth-order valence-corrected chi connectivity index (χ4v) is 4.07. The molecular weight excluding hydrogens is 414 g/mol. The largest absolute Gasteiger partial charge is 0.493 e. The van der Waals surface area contributed by atoms with E-state index in [-0.39, 0.29) is 29.0 Å². The summed E-state index contributed by atoms with van der Waals surface area (Å²) in [6.45, 7) is 1.33. The number of carbonyl (C=O) groups is 1. The third kappa shape index (κ3) is 4.84. The summed E-state index contributed by atoms with van der Waals surface area (Å²) in [5.74, 6) is 0.941. The Bertz CT molecular complexity index is 939. The van der Waals surface area contributed by atoms with Gasteiger partial charge in [0.2, 0.25) is 0 Å². The first-order chi connectivity index (χ1) is 14.4. The molecule has 6 nitrogen and oxygen atoms in total. The van der Waals surface area contributed by atoms with Crippen molar-refractivity contribution in [3.63, 3.8) is 0 Å². The highest BCUT2D eigenvalue weighted by atomic mass is 32.2. The van der Waals surface area contributed by atoms with Gasteiger partial charge in [-0.25, -0.2) is 4.99 Å². The lowest BCUT2D eigenvalue weighted by atomic mass is 10.1. The number of benzene rings is 2. The van der Waals surface area contributed by atoms with Gasteiger partial charge in [-0.2, -0.15) is 8.78 Å². The number of thioether (sulfide) groups is 1. The molecule has 1 atom stereocenters. The minimum atomic E-state index is -2.99. The fraction of sp³-hybridized carbons (Fsp3) is 0.333. The fourth-order valence-electron chi connectivity index (χ4n) is 2.96. The van der Waals surface area contributed by atoms with Crippen LogP contribution < -0.4 is 14.2 Å². The van der Waals surface area contributed by atoms with E-state index >= 15 is 0 Å². The van der Waals surface area contributed by atoms with Crippen molar-refractivity contribution >= 4 is 28.5 Å². The van der Waals surface area contributed by atoms with Crippen molar-refractivity contribution in [1.29, 1.82) is 0 Å². The van der Waals surface area contributed by atoms with Gasteiger partial charge in [0.1, 0.15) is 11.4 Å². The number of hydrogen-bond acceptors (Lipinski definition) is 6. The van der Waals surface area contributed by atoms with Crippen LogP contribution in [0.2, 0.25) is 0 Å². The number of carbonyl (C=O) groups excluding carboxylic acids is 1. The number of para-hydroxylation sites is 2. The Kier molecular flexibility index (Phi) is 7.15. The van der Waals surface area contributed by atoms with Gasteiger partial charge in [0.15, 0.2) is 16.7 Å². The van der Waals surface area contributed by atoms with Gasteiger partial charge in [-0.3, -0.25) is 9.69 Å². The maximum Gasteiger partial charge on any atom is 0.387 e. The molecule has 1 unspecified atom stereocenters. The van der Waals surface area contributed by atoms with E-state index in [0.29, 0.717) is 29.0 Å². The normalized spacial score (nSPS) is 17.5. The molecule has 3 rings (SSSR count). The Balaban J connectivity index is 1.92. The van der Waals surface area contributed by atoms with Crippen LogP contribution in [0.15, 0.2) is 47.5 Å². The van der Waals surface area contributed by atoms with Crippen molar-refractivity contribution < 1.29 is 27.8 Å². The van der Waals surface area contributed by atoms with Crippen LogP contribution in [0.4, 0.5) is 14.5 Å². The summed E-state index contributed by atoms with van der Waals surface area (Å²) in [7, 11) is 1.33. The van der Waals surface area contributed by atoms with Gasteiger partial charge in [-0.05, 0) is 44.2 Å². The molecule has 9 heteroatoms. The SMILES string of the molecule is CCOc1ccccc1N=C1SCC(C)N1C(=O)c1ccc(OC(F)F)c(OC)c1. The number of halogens is 2. The van der Waals surface area contributed by atoms with Gasteiger partial charge in [-0.15, -0.1) is 0 Å². The van der Waals surface area contributed by atoms with Crippen molar-refractivity contribution in [2.45, 2.75) is 26.5 Å². The van der Waals surface area contributed by atoms with Crippen molar-refractivity contribution in [1.82, 2.24) is 4.90 Å². The van der Waals surface area contributed by atoms with Gasteiger partial charge in [0.05, 0.1) is 13.7 Å². The molecule has 2 aromatic carbocycles. The van der Waals surface area contributed by atoms with E-state index in [2.05, 4.69) is 9.73 Å². The van der Waals surface area contributed by atoms with Gasteiger partial charge in [0.25, 0.3) is 5.91 Å². The highest BCUT2D eigenvalue weighted by Crippen LogP contribution is 2.34. The molecule has 1 aliphatic rings. The van der Waals surface area contributed by atoms with Crippen molar-refractivity contribution in [2.75, 3.05) is 19.5 Å². The van der Waals surface area contributed by atoms with Gasteiger partial charge >= 0.3 is 6.61 Å². The molecule has 0 saturated carbocycles. The van der Waals surface area contributed by atoms with Crippen LogP contribution in [0.3, 0.4) is 0 Å². The van der Waals surface area contributed by atoms with Crippen LogP contribution in [-0.2, 0) is 0 Å². The highest BCUT2D eigenvalue weighted by molar-refractivity contribution is 8.14. The predicted molar refractivity (Wildman–Crippen MR) is 112 cm³/mol. The van der Waals surface area contributed by atoms with Crippen LogP contribution >= 0.6 is 11.8 Å². The van der Waals surface area contributed by atoms with Gasteiger partial charge < -0.3 is 14.2 Å². The van der Waals surface area contributed by atoms with Crippen LogP contribution in [-0.4, -0.2) is 48.1 Å². The third-order valence-corrected chi connectivity index (χ3v) is 5.52. The Morgan fingerprint density at radius 3 is 2.70 bits per heavy atom. The Morgan fingerprint density at radius 1 is 1.23 bits per heavy atom. The van der Waals surface area contributed by atoms with Gasteiger partial charge in [-0.1, -0.05) is 23.9 Å². The van der Waals surface area contributed by atoms with E-state index in [1.54, 1.807) is 4.90 Å². The summed E-state index contributed by atoms with van der Waals surface area (Å²) >= 11 is 1.47. The predicted octanol–water partition coefficient (Wildman–Crippen LogP) is 4.96. The lowest BCUT2D eigenvalue weighted by Gasteiger charge is -2.22. The summed E-state index contributed by atoms with van der Waals surface area (Å²) < 4.78 is 40.3. The molecule has 30 heavy (non-hydrogen) atoms. The maximum absolute atomic E-state index is 13.2. The van der Waals surface area contributed by atoms with E-state index in [9.17, 15) is 13.6 Å². The zero-order valence-electron chi connectivity index (χ0n) is 16.8. The zero-order chi connectivity index (χ0) is 21.7. The van der Waals surface area contributed by atoms with Crippen molar-refractivity contribution in [3.8, 4) is 17.2 Å². The number of hydrogen-bond donors (Lipinski definition) is 0. The standard InChI is InChI=1S/C21H22F2N2O4S/c1-4-28-16-8-6-5-7-15(16)24-21-25(13(2)12-30-21)19(26)14-9-10-17(29-20(22)23)18(11-14)27-3/h5-11,13,20H,4,12H2,1-3H3.